The second-order valence-corrected chi connectivity index (χ2v) is 8.44. The van der Waals surface area contributed by atoms with Crippen LogP contribution in [0.3, 0.4) is 0 Å². The second-order valence-electron chi connectivity index (χ2n) is 5.64. The van der Waals surface area contributed by atoms with Crippen LogP contribution in [-0.2, 0) is 6.54 Å². The lowest BCUT2D eigenvalue weighted by molar-refractivity contribution is 0.0655. The molecular weight excluding hydrogens is 393 g/mol. The Hall–Kier alpha value is -0.880. The Balaban J connectivity index is 1.83. The fourth-order valence-corrected chi connectivity index (χ4v) is 3.92. The van der Waals surface area contributed by atoms with Gasteiger partial charge in [-0.05, 0) is 59.9 Å². The zero-order valence-electron chi connectivity index (χ0n) is 12.0. The van der Waals surface area contributed by atoms with E-state index >= 15 is 0 Å². The predicted octanol–water partition coefficient (Wildman–Crippen LogP) is 4.79. The third-order valence-electron chi connectivity index (χ3n) is 4.07. The van der Waals surface area contributed by atoms with Gasteiger partial charge in [0.15, 0.2) is 0 Å². The van der Waals surface area contributed by atoms with Crippen molar-refractivity contribution in [3.05, 3.63) is 55.8 Å². The van der Waals surface area contributed by atoms with Crippen LogP contribution in [0.15, 0.2) is 41.8 Å². The van der Waals surface area contributed by atoms with Crippen molar-refractivity contribution in [2.75, 3.05) is 0 Å². The molecule has 1 amide bonds. The molecule has 1 atom stereocenters. The lowest BCUT2D eigenvalue weighted by atomic mass is 10.1. The van der Waals surface area contributed by atoms with Gasteiger partial charge in [0.05, 0.1) is 8.45 Å². The van der Waals surface area contributed by atoms with Crippen molar-refractivity contribution >= 4 is 39.8 Å². The summed E-state index contributed by atoms with van der Waals surface area (Å²) in [7, 11) is 0. The number of amides is 1. The Bertz CT molecular complexity index is 621. The van der Waals surface area contributed by atoms with Crippen molar-refractivity contribution in [2.45, 2.75) is 32.4 Å². The average Bonchev–Trinajstić information content (AvgIpc) is 3.26. The minimum absolute atomic E-state index is 0.164. The highest BCUT2D eigenvalue weighted by molar-refractivity contribution is 14.1. The minimum Gasteiger partial charge on any atom is -0.331 e. The summed E-state index contributed by atoms with van der Waals surface area (Å²) in [6, 6.07) is 12.6. The molecule has 110 valence electrons. The first-order valence-electron chi connectivity index (χ1n) is 7.24. The fraction of sp³-hybridized carbons (Fsp3) is 0.353. The van der Waals surface area contributed by atoms with E-state index in [2.05, 4.69) is 41.6 Å². The third-order valence-corrected chi connectivity index (χ3v) is 5.86. The molecule has 0 saturated heterocycles. The molecule has 2 nitrogen and oxygen atoms in total. The molecule has 1 aliphatic rings. The van der Waals surface area contributed by atoms with Gasteiger partial charge < -0.3 is 4.90 Å². The summed E-state index contributed by atoms with van der Waals surface area (Å²) in [4.78, 5) is 14.9. The number of nitrogens with zero attached hydrogens (tertiary/aromatic N) is 1. The van der Waals surface area contributed by atoms with Crippen LogP contribution in [0.2, 0.25) is 0 Å². The molecule has 3 rings (SSSR count). The molecule has 0 bridgehead atoms. The number of hydrogen-bond donors (Lipinski definition) is 0. The van der Waals surface area contributed by atoms with E-state index in [0.29, 0.717) is 18.5 Å². The number of carbonyl (C=O) groups excluding carboxylic acids is 1. The van der Waals surface area contributed by atoms with Crippen LogP contribution >= 0.6 is 33.9 Å². The van der Waals surface area contributed by atoms with Crippen molar-refractivity contribution < 1.29 is 4.79 Å². The highest BCUT2D eigenvalue weighted by atomic mass is 127. The van der Waals surface area contributed by atoms with E-state index in [1.54, 1.807) is 11.3 Å². The molecule has 1 unspecified atom stereocenters. The van der Waals surface area contributed by atoms with E-state index in [9.17, 15) is 4.79 Å². The summed E-state index contributed by atoms with van der Waals surface area (Å²) in [5.74, 6) is 0.841. The summed E-state index contributed by atoms with van der Waals surface area (Å²) in [5, 5.41) is 1.97. The lowest BCUT2D eigenvalue weighted by Gasteiger charge is -2.29. The molecule has 1 aromatic heterocycles. The smallest absolute Gasteiger partial charge is 0.255 e. The molecular formula is C17H18INOS. The van der Waals surface area contributed by atoms with Gasteiger partial charge in [-0.1, -0.05) is 30.3 Å². The fourth-order valence-electron chi connectivity index (χ4n) is 2.60. The number of halogens is 1. The van der Waals surface area contributed by atoms with Crippen molar-refractivity contribution in [3.8, 4) is 0 Å². The van der Waals surface area contributed by atoms with Crippen molar-refractivity contribution in [1.82, 2.24) is 4.90 Å². The van der Waals surface area contributed by atoms with E-state index < -0.39 is 0 Å². The molecule has 0 radical (unpaired) electrons. The van der Waals surface area contributed by atoms with Crippen molar-refractivity contribution in [1.29, 1.82) is 0 Å². The summed E-state index contributed by atoms with van der Waals surface area (Å²) >= 11 is 3.90. The summed E-state index contributed by atoms with van der Waals surface area (Å²) in [6.45, 7) is 2.89. The maximum Gasteiger partial charge on any atom is 0.255 e. The van der Waals surface area contributed by atoms with Gasteiger partial charge >= 0.3 is 0 Å². The molecule has 1 aromatic carbocycles. The van der Waals surface area contributed by atoms with Crippen LogP contribution in [0.4, 0.5) is 0 Å². The maximum atomic E-state index is 12.9. The SMILES string of the molecule is CC(C1CC1)N(Cc1ccccc1)C(=O)c1csc(I)c1. The van der Waals surface area contributed by atoms with Crippen molar-refractivity contribution in [3.63, 3.8) is 0 Å². The van der Waals surface area contributed by atoms with Gasteiger partial charge in [-0.3, -0.25) is 4.79 Å². The van der Waals surface area contributed by atoms with Crippen LogP contribution in [0, 0.1) is 8.80 Å². The van der Waals surface area contributed by atoms with Gasteiger partial charge in [-0.25, -0.2) is 0 Å². The second kappa shape index (κ2) is 6.48. The van der Waals surface area contributed by atoms with E-state index in [1.165, 1.54) is 18.4 Å². The zero-order chi connectivity index (χ0) is 14.8. The monoisotopic (exact) mass is 411 g/mol. The quantitative estimate of drug-likeness (QED) is 0.648. The molecule has 0 N–H and O–H groups in total. The minimum atomic E-state index is 0.164. The van der Waals surface area contributed by atoms with E-state index in [1.807, 2.05) is 34.5 Å². The number of benzene rings is 1. The third kappa shape index (κ3) is 3.66. The first-order valence-corrected chi connectivity index (χ1v) is 9.20. The number of thiophene rings is 1. The van der Waals surface area contributed by atoms with Gasteiger partial charge in [0.2, 0.25) is 0 Å². The highest BCUT2D eigenvalue weighted by Gasteiger charge is 2.34. The van der Waals surface area contributed by atoms with Gasteiger partial charge in [0.25, 0.3) is 5.91 Å². The number of rotatable bonds is 5. The standard InChI is InChI=1S/C17H18INOS/c1-12(14-7-8-14)19(10-13-5-3-2-4-6-13)17(20)15-9-16(18)21-11-15/h2-6,9,11-12,14H,7-8,10H2,1H3. The summed E-state index contributed by atoms with van der Waals surface area (Å²) in [6.07, 6.45) is 2.50. The van der Waals surface area contributed by atoms with Crippen LogP contribution in [0.25, 0.3) is 0 Å². The van der Waals surface area contributed by atoms with Gasteiger partial charge in [0.1, 0.15) is 0 Å². The van der Waals surface area contributed by atoms with Crippen LogP contribution in [0.1, 0.15) is 35.7 Å². The molecule has 2 aromatic rings. The number of hydrogen-bond acceptors (Lipinski definition) is 2. The molecule has 0 spiro atoms. The van der Waals surface area contributed by atoms with E-state index in [-0.39, 0.29) is 5.91 Å². The average molecular weight is 411 g/mol. The van der Waals surface area contributed by atoms with E-state index in [0.717, 1.165) is 8.45 Å². The molecule has 1 heterocycles. The topological polar surface area (TPSA) is 20.3 Å². The maximum absolute atomic E-state index is 12.9. The van der Waals surface area contributed by atoms with Crippen molar-refractivity contribution in [2.24, 2.45) is 5.92 Å². The van der Waals surface area contributed by atoms with Crippen LogP contribution < -0.4 is 0 Å². The molecule has 1 saturated carbocycles. The van der Waals surface area contributed by atoms with Gasteiger partial charge in [-0.2, -0.15) is 0 Å². The molecule has 4 heteroatoms. The lowest BCUT2D eigenvalue weighted by Crippen LogP contribution is -2.39. The Labute approximate surface area is 143 Å². The Kier molecular flexibility index (Phi) is 4.64. The Morgan fingerprint density at radius 3 is 2.67 bits per heavy atom. The van der Waals surface area contributed by atoms with Gasteiger partial charge in [0, 0.05) is 18.0 Å². The van der Waals surface area contributed by atoms with Crippen LogP contribution in [-0.4, -0.2) is 16.8 Å². The van der Waals surface area contributed by atoms with E-state index in [4.69, 9.17) is 0 Å². The highest BCUT2D eigenvalue weighted by Crippen LogP contribution is 2.36. The Morgan fingerprint density at radius 2 is 2.10 bits per heavy atom. The molecule has 1 aliphatic carbocycles. The normalized spacial score (nSPS) is 15.7. The van der Waals surface area contributed by atoms with Gasteiger partial charge in [-0.15, -0.1) is 11.3 Å². The first-order chi connectivity index (χ1) is 10.1. The molecule has 21 heavy (non-hydrogen) atoms. The summed E-state index contributed by atoms with van der Waals surface area (Å²) < 4.78 is 1.16. The molecule has 0 aliphatic heterocycles. The zero-order valence-corrected chi connectivity index (χ0v) is 14.9. The number of carbonyl (C=O) groups is 1. The Morgan fingerprint density at radius 1 is 1.38 bits per heavy atom. The van der Waals surface area contributed by atoms with Crippen LogP contribution in [0.5, 0.6) is 0 Å². The summed E-state index contributed by atoms with van der Waals surface area (Å²) in [5.41, 5.74) is 2.02. The first kappa shape index (κ1) is 15.0. The predicted molar refractivity (Wildman–Crippen MR) is 95.5 cm³/mol. The molecule has 1 fully saturated rings. The largest absolute Gasteiger partial charge is 0.331 e.